The maximum Gasteiger partial charge on any atom is 0.325 e. The fourth-order valence-corrected chi connectivity index (χ4v) is 2.30. The number of aromatic nitrogens is 4. The summed E-state index contributed by atoms with van der Waals surface area (Å²) in [6, 6.07) is 10.4. The molecule has 9 heteroatoms. The van der Waals surface area contributed by atoms with E-state index in [9.17, 15) is 9.59 Å². The quantitative estimate of drug-likeness (QED) is 0.655. The molecule has 2 aromatic heterocycles. The van der Waals surface area contributed by atoms with Gasteiger partial charge in [-0.25, -0.2) is 9.67 Å². The summed E-state index contributed by atoms with van der Waals surface area (Å²) in [5.41, 5.74) is -0.0243. The first kappa shape index (κ1) is 17.2. The molecule has 0 fully saturated rings. The van der Waals surface area contributed by atoms with Crippen molar-refractivity contribution in [3.05, 3.63) is 58.6 Å². The summed E-state index contributed by atoms with van der Waals surface area (Å²) in [5, 5.41) is 13.2. The standard InChI is InChI=1S/C17H16N4O5/c1-25-14-8-18-12(7-13(14)22)17-19-15(20-21(17)9-16(23)24)10-26-11-5-3-2-4-6-11/h2-8H,9-10H2,1H3,(H,18,22)(H,23,24). The largest absolute Gasteiger partial charge is 0.491 e. The first-order chi connectivity index (χ1) is 12.6. The molecular weight excluding hydrogens is 340 g/mol. The summed E-state index contributed by atoms with van der Waals surface area (Å²) < 4.78 is 11.7. The molecule has 0 saturated heterocycles. The molecule has 0 saturated carbocycles. The van der Waals surface area contributed by atoms with Crippen LogP contribution in [0.3, 0.4) is 0 Å². The van der Waals surface area contributed by atoms with Crippen LogP contribution in [0.1, 0.15) is 5.82 Å². The Morgan fingerprint density at radius 2 is 2.08 bits per heavy atom. The zero-order chi connectivity index (χ0) is 18.5. The molecule has 3 aromatic rings. The van der Waals surface area contributed by atoms with Gasteiger partial charge < -0.3 is 19.6 Å². The van der Waals surface area contributed by atoms with Gasteiger partial charge in [-0.1, -0.05) is 18.2 Å². The van der Waals surface area contributed by atoms with Crippen molar-refractivity contribution in [1.29, 1.82) is 0 Å². The zero-order valence-corrected chi connectivity index (χ0v) is 13.9. The molecule has 0 atom stereocenters. The smallest absolute Gasteiger partial charge is 0.325 e. The van der Waals surface area contributed by atoms with E-state index in [1.165, 1.54) is 24.1 Å². The lowest BCUT2D eigenvalue weighted by Crippen LogP contribution is -2.13. The van der Waals surface area contributed by atoms with Gasteiger partial charge in [-0.3, -0.25) is 9.59 Å². The fraction of sp³-hybridized carbons (Fsp3) is 0.176. The minimum atomic E-state index is -1.08. The topological polar surface area (TPSA) is 119 Å². The number of aromatic amines is 1. The Kier molecular flexibility index (Phi) is 4.97. The zero-order valence-electron chi connectivity index (χ0n) is 13.9. The van der Waals surface area contributed by atoms with Crippen LogP contribution in [0.2, 0.25) is 0 Å². The number of hydrogen-bond acceptors (Lipinski definition) is 6. The Hall–Kier alpha value is -3.62. The second-order valence-corrected chi connectivity index (χ2v) is 5.28. The number of para-hydroxylation sites is 1. The van der Waals surface area contributed by atoms with Crippen LogP contribution < -0.4 is 14.9 Å². The van der Waals surface area contributed by atoms with Gasteiger partial charge in [0.2, 0.25) is 5.43 Å². The fourth-order valence-electron chi connectivity index (χ4n) is 2.30. The molecule has 0 spiro atoms. The van der Waals surface area contributed by atoms with Crippen molar-refractivity contribution in [1.82, 2.24) is 19.7 Å². The molecule has 1 aromatic carbocycles. The van der Waals surface area contributed by atoms with Crippen LogP contribution in [0, 0.1) is 0 Å². The minimum absolute atomic E-state index is 0.0595. The molecule has 26 heavy (non-hydrogen) atoms. The van der Waals surface area contributed by atoms with Crippen LogP contribution in [-0.4, -0.2) is 37.9 Å². The van der Waals surface area contributed by atoms with E-state index in [1.54, 1.807) is 12.1 Å². The van der Waals surface area contributed by atoms with Crippen molar-refractivity contribution in [2.24, 2.45) is 0 Å². The molecule has 0 aliphatic heterocycles. The van der Waals surface area contributed by atoms with E-state index in [2.05, 4.69) is 15.1 Å². The third-order valence-corrected chi connectivity index (χ3v) is 3.45. The Balaban J connectivity index is 1.90. The number of aliphatic carboxylic acids is 1. The summed E-state index contributed by atoms with van der Waals surface area (Å²) in [6.07, 6.45) is 1.39. The van der Waals surface area contributed by atoms with Gasteiger partial charge in [-0.05, 0) is 12.1 Å². The van der Waals surface area contributed by atoms with Gasteiger partial charge in [0.25, 0.3) is 0 Å². The van der Waals surface area contributed by atoms with Crippen LogP contribution in [0.25, 0.3) is 11.5 Å². The van der Waals surface area contributed by atoms with Crippen LogP contribution in [0.15, 0.2) is 47.4 Å². The molecule has 0 radical (unpaired) electrons. The summed E-state index contributed by atoms with van der Waals surface area (Å²) >= 11 is 0. The summed E-state index contributed by atoms with van der Waals surface area (Å²) in [6.45, 7) is -0.342. The maximum absolute atomic E-state index is 12.0. The van der Waals surface area contributed by atoms with Crippen molar-refractivity contribution in [2.45, 2.75) is 13.2 Å². The Bertz CT molecular complexity index is 965. The number of rotatable bonds is 7. The average Bonchev–Trinajstić information content (AvgIpc) is 3.03. The molecular formula is C17H16N4O5. The number of hydrogen-bond donors (Lipinski definition) is 2. The highest BCUT2D eigenvalue weighted by atomic mass is 16.5. The second kappa shape index (κ2) is 7.51. The van der Waals surface area contributed by atoms with Crippen LogP contribution in [-0.2, 0) is 17.9 Å². The second-order valence-electron chi connectivity index (χ2n) is 5.28. The number of ether oxygens (including phenoxy) is 2. The van der Waals surface area contributed by atoms with E-state index in [4.69, 9.17) is 14.6 Å². The van der Waals surface area contributed by atoms with E-state index in [0.717, 1.165) is 0 Å². The van der Waals surface area contributed by atoms with Crippen molar-refractivity contribution in [2.75, 3.05) is 7.11 Å². The van der Waals surface area contributed by atoms with Crippen molar-refractivity contribution >= 4 is 5.97 Å². The lowest BCUT2D eigenvalue weighted by atomic mass is 10.3. The molecule has 0 unspecified atom stereocenters. The van der Waals surface area contributed by atoms with Crippen molar-refractivity contribution < 1.29 is 19.4 Å². The molecule has 0 amide bonds. The van der Waals surface area contributed by atoms with Gasteiger partial charge in [0.15, 0.2) is 17.4 Å². The molecule has 9 nitrogen and oxygen atoms in total. The number of H-pyrrole nitrogens is 1. The lowest BCUT2D eigenvalue weighted by molar-refractivity contribution is -0.137. The van der Waals surface area contributed by atoms with Gasteiger partial charge in [-0.2, -0.15) is 5.10 Å². The van der Waals surface area contributed by atoms with E-state index in [0.29, 0.717) is 17.3 Å². The SMILES string of the molecule is COc1c[nH]c(-c2nc(COc3ccccc3)nn2CC(=O)O)cc1=O. The van der Waals surface area contributed by atoms with Crippen molar-refractivity contribution in [3.63, 3.8) is 0 Å². The highest BCUT2D eigenvalue weighted by molar-refractivity contribution is 5.67. The number of methoxy groups -OCH3 is 1. The van der Waals surface area contributed by atoms with Gasteiger partial charge >= 0.3 is 5.97 Å². The third-order valence-electron chi connectivity index (χ3n) is 3.45. The molecule has 0 aliphatic carbocycles. The lowest BCUT2D eigenvalue weighted by Gasteiger charge is -2.04. The third kappa shape index (κ3) is 3.89. The van der Waals surface area contributed by atoms with Crippen LogP contribution in [0.4, 0.5) is 0 Å². The van der Waals surface area contributed by atoms with Gasteiger partial charge in [0.1, 0.15) is 18.9 Å². The monoisotopic (exact) mass is 356 g/mol. The highest BCUT2D eigenvalue weighted by Crippen LogP contribution is 2.16. The van der Waals surface area contributed by atoms with Gasteiger partial charge in [-0.15, -0.1) is 0 Å². The maximum atomic E-state index is 12.0. The number of nitrogens with one attached hydrogen (secondary N) is 1. The number of nitrogens with zero attached hydrogens (tertiary/aromatic N) is 3. The Morgan fingerprint density at radius 3 is 2.73 bits per heavy atom. The van der Waals surface area contributed by atoms with Crippen LogP contribution >= 0.6 is 0 Å². The molecule has 3 rings (SSSR count). The Morgan fingerprint density at radius 1 is 1.31 bits per heavy atom. The number of carboxylic acid groups (broad SMARTS) is 1. The molecule has 2 N–H and O–H groups in total. The first-order valence-corrected chi connectivity index (χ1v) is 7.67. The minimum Gasteiger partial charge on any atom is -0.491 e. The van der Waals surface area contributed by atoms with Crippen molar-refractivity contribution in [3.8, 4) is 23.0 Å². The van der Waals surface area contributed by atoms with E-state index >= 15 is 0 Å². The van der Waals surface area contributed by atoms with Gasteiger partial charge in [0.05, 0.1) is 12.8 Å². The summed E-state index contributed by atoms with van der Waals surface area (Å²) in [5.74, 6) is 0.218. The molecule has 134 valence electrons. The number of pyridine rings is 1. The molecule has 0 aliphatic rings. The first-order valence-electron chi connectivity index (χ1n) is 7.67. The summed E-state index contributed by atoms with van der Waals surface area (Å²) in [4.78, 5) is 30.2. The van der Waals surface area contributed by atoms with E-state index < -0.39 is 12.5 Å². The summed E-state index contributed by atoms with van der Waals surface area (Å²) in [7, 11) is 1.39. The molecule has 0 bridgehead atoms. The average molecular weight is 356 g/mol. The Labute approximate surface area is 147 Å². The van der Waals surface area contributed by atoms with Crippen LogP contribution in [0.5, 0.6) is 11.5 Å². The number of carbonyl (C=O) groups is 1. The number of benzene rings is 1. The normalized spacial score (nSPS) is 10.5. The highest BCUT2D eigenvalue weighted by Gasteiger charge is 2.16. The predicted octanol–water partition coefficient (Wildman–Crippen LogP) is 1.31. The molecule has 2 heterocycles. The predicted molar refractivity (Wildman–Crippen MR) is 91.0 cm³/mol. The van der Waals surface area contributed by atoms with E-state index in [-0.39, 0.29) is 23.6 Å². The number of carboxylic acids is 1. The van der Waals surface area contributed by atoms with E-state index in [1.807, 2.05) is 18.2 Å². The van der Waals surface area contributed by atoms with Gasteiger partial charge in [0, 0.05) is 12.3 Å².